The second kappa shape index (κ2) is 12.3. The number of nitrogens with zero attached hydrogens (tertiary/aromatic N) is 2. The molecule has 1 aliphatic rings. The quantitative estimate of drug-likeness (QED) is 0.233. The van der Waals surface area contributed by atoms with Gasteiger partial charge in [0.05, 0.1) is 21.7 Å². The normalized spacial score (nSPS) is 14.7. The molecule has 0 unspecified atom stereocenters. The molecule has 3 N–H and O–H groups in total. The van der Waals surface area contributed by atoms with Gasteiger partial charge < -0.3 is 20.3 Å². The molecule has 1 fully saturated rings. The van der Waals surface area contributed by atoms with Gasteiger partial charge in [-0.1, -0.05) is 65.1 Å². The third-order valence-electron chi connectivity index (χ3n) is 7.90. The van der Waals surface area contributed by atoms with Crippen LogP contribution in [0.4, 0.5) is 0 Å². The van der Waals surface area contributed by atoms with Crippen LogP contribution in [0.25, 0.3) is 16.9 Å². The van der Waals surface area contributed by atoms with Gasteiger partial charge in [-0.2, -0.15) is 0 Å². The summed E-state index contributed by atoms with van der Waals surface area (Å²) in [5, 5.41) is 11.3. The molecule has 4 aromatic rings. The third-order valence-corrected chi connectivity index (χ3v) is 8.70. The molecular weight excluding hydrogens is 581 g/mol. The van der Waals surface area contributed by atoms with Gasteiger partial charge in [-0.15, -0.1) is 0 Å². The summed E-state index contributed by atoms with van der Waals surface area (Å²) in [5.41, 5.74) is 9.48. The summed E-state index contributed by atoms with van der Waals surface area (Å²) in [4.78, 5) is 28.7. The Balaban J connectivity index is 1.58. The Hall–Kier alpha value is -3.29. The highest BCUT2D eigenvalue weighted by Gasteiger charge is 2.43. The van der Waals surface area contributed by atoms with E-state index < -0.39 is 5.41 Å². The molecule has 41 heavy (non-hydrogen) atoms. The molecule has 0 saturated carbocycles. The first-order chi connectivity index (χ1) is 19.7. The second-order valence-electron chi connectivity index (χ2n) is 10.3. The van der Waals surface area contributed by atoms with Crippen LogP contribution in [0.15, 0.2) is 78.9 Å². The second-order valence-corrected chi connectivity index (χ2v) is 11.5. The van der Waals surface area contributed by atoms with Crippen LogP contribution in [-0.2, 0) is 16.6 Å². The van der Waals surface area contributed by atoms with Crippen LogP contribution < -0.4 is 5.73 Å². The Bertz CT molecular complexity index is 1560. The summed E-state index contributed by atoms with van der Waals surface area (Å²) < 4.78 is 2.00. The number of likely N-dealkylation sites (tertiary alicyclic amines) is 1. The first-order valence-electron chi connectivity index (χ1n) is 13.5. The average molecular weight is 611 g/mol. The van der Waals surface area contributed by atoms with Crippen molar-refractivity contribution in [3.8, 4) is 16.9 Å². The molecule has 2 heterocycles. The molecule has 0 radical (unpaired) electrons. The number of carbonyl (C=O) groups excluding carboxylic acids is 2. The third kappa shape index (κ3) is 5.75. The van der Waals surface area contributed by atoms with Crippen molar-refractivity contribution in [3.05, 3.63) is 111 Å². The minimum atomic E-state index is -0.824. The number of aliphatic hydroxyl groups is 1. The van der Waals surface area contributed by atoms with E-state index >= 15 is 0 Å². The monoisotopic (exact) mass is 609 g/mol. The van der Waals surface area contributed by atoms with Crippen LogP contribution in [0.3, 0.4) is 0 Å². The number of benzene rings is 3. The SMILES string of the molecule is NC(=O)C1(c2ccccc2)CCN(C(=O)c2cc(-c3ccc(Cl)cc3Cl)n(-c3ccc(Cl)cc3)c2CCCO)CC1. The van der Waals surface area contributed by atoms with Crippen molar-refractivity contribution in [2.24, 2.45) is 5.73 Å². The number of carbonyl (C=O) groups is 2. The largest absolute Gasteiger partial charge is 0.396 e. The molecule has 0 atom stereocenters. The number of nitrogens with two attached hydrogens (primary N) is 1. The Morgan fingerprint density at radius 2 is 1.54 bits per heavy atom. The van der Waals surface area contributed by atoms with E-state index in [0.29, 0.717) is 65.0 Å². The lowest BCUT2D eigenvalue weighted by Crippen LogP contribution is -2.51. The standard InChI is InChI=1S/C32H30Cl3N3O3/c33-22-8-11-24(12-9-22)38-28(7-4-18-39)26(20-29(38)25-13-10-23(34)19-27(25)35)30(40)37-16-14-32(15-17-37,31(36)41)21-5-2-1-3-6-21/h1-3,5-6,8-13,19-20,39H,4,7,14-18H2,(H2,36,41). The Labute approximate surface area is 254 Å². The maximum atomic E-state index is 14.2. The molecule has 0 bridgehead atoms. The van der Waals surface area contributed by atoms with Gasteiger partial charge >= 0.3 is 0 Å². The highest BCUT2D eigenvalue weighted by atomic mass is 35.5. The lowest BCUT2D eigenvalue weighted by Gasteiger charge is -2.40. The van der Waals surface area contributed by atoms with Crippen molar-refractivity contribution in [2.75, 3.05) is 19.7 Å². The van der Waals surface area contributed by atoms with Gasteiger partial charge in [0.2, 0.25) is 5.91 Å². The van der Waals surface area contributed by atoms with E-state index in [1.807, 2.05) is 59.2 Å². The zero-order valence-corrected chi connectivity index (χ0v) is 24.6. The van der Waals surface area contributed by atoms with Gasteiger partial charge in [0.25, 0.3) is 5.91 Å². The van der Waals surface area contributed by atoms with E-state index in [2.05, 4.69) is 0 Å². The summed E-state index contributed by atoms with van der Waals surface area (Å²) in [7, 11) is 0. The molecule has 1 aromatic heterocycles. The van der Waals surface area contributed by atoms with Crippen molar-refractivity contribution in [1.29, 1.82) is 0 Å². The van der Waals surface area contributed by atoms with Gasteiger partial charge in [0.15, 0.2) is 0 Å². The average Bonchev–Trinajstić information content (AvgIpc) is 3.35. The minimum absolute atomic E-state index is 0.0294. The summed E-state index contributed by atoms with van der Waals surface area (Å²) in [6.45, 7) is 0.719. The van der Waals surface area contributed by atoms with Crippen molar-refractivity contribution >= 4 is 46.6 Å². The van der Waals surface area contributed by atoms with Crippen LogP contribution >= 0.6 is 34.8 Å². The molecule has 1 saturated heterocycles. The first kappa shape index (κ1) is 29.2. The van der Waals surface area contributed by atoms with Crippen molar-refractivity contribution in [2.45, 2.75) is 31.1 Å². The molecule has 2 amide bonds. The highest BCUT2D eigenvalue weighted by molar-refractivity contribution is 6.36. The summed E-state index contributed by atoms with van der Waals surface area (Å²) >= 11 is 19.1. The molecule has 0 aliphatic carbocycles. The smallest absolute Gasteiger partial charge is 0.255 e. The number of primary amides is 1. The molecule has 3 aromatic carbocycles. The van der Waals surface area contributed by atoms with Crippen molar-refractivity contribution in [3.63, 3.8) is 0 Å². The fourth-order valence-electron chi connectivity index (χ4n) is 5.71. The number of piperidine rings is 1. The molecule has 1 aliphatic heterocycles. The molecule has 6 nitrogen and oxygen atoms in total. The number of halogens is 3. The zero-order chi connectivity index (χ0) is 29.1. The predicted octanol–water partition coefficient (Wildman–Crippen LogP) is 6.69. The zero-order valence-electron chi connectivity index (χ0n) is 22.3. The van der Waals surface area contributed by atoms with Gasteiger partial charge in [-0.25, -0.2) is 0 Å². The predicted molar refractivity (Wildman–Crippen MR) is 164 cm³/mol. The molecular formula is C32H30Cl3N3O3. The maximum Gasteiger partial charge on any atom is 0.255 e. The van der Waals surface area contributed by atoms with Crippen LogP contribution in [-0.4, -0.2) is 46.1 Å². The summed E-state index contributed by atoms with van der Waals surface area (Å²) in [6.07, 6.45) is 1.77. The molecule has 212 valence electrons. The van der Waals surface area contributed by atoms with E-state index in [-0.39, 0.29) is 18.4 Å². The lowest BCUT2D eigenvalue weighted by molar-refractivity contribution is -0.125. The van der Waals surface area contributed by atoms with E-state index in [4.69, 9.17) is 40.5 Å². The van der Waals surface area contributed by atoms with Gasteiger partial charge in [0, 0.05) is 46.7 Å². The Kier molecular flexibility index (Phi) is 8.76. The van der Waals surface area contributed by atoms with Crippen molar-refractivity contribution in [1.82, 2.24) is 9.47 Å². The van der Waals surface area contributed by atoms with Gasteiger partial charge in [-0.05, 0) is 79.8 Å². The molecule has 0 spiro atoms. The summed E-state index contributed by atoms with van der Waals surface area (Å²) in [5.74, 6) is -0.531. The number of hydrogen-bond acceptors (Lipinski definition) is 3. The van der Waals surface area contributed by atoms with Crippen LogP contribution in [0.5, 0.6) is 0 Å². The Morgan fingerprint density at radius 1 is 0.878 bits per heavy atom. The maximum absolute atomic E-state index is 14.2. The number of hydrogen-bond donors (Lipinski definition) is 2. The van der Waals surface area contributed by atoms with Crippen LogP contribution in [0, 0.1) is 0 Å². The van der Waals surface area contributed by atoms with Gasteiger partial charge in [0.1, 0.15) is 0 Å². The highest BCUT2D eigenvalue weighted by Crippen LogP contribution is 2.39. The number of rotatable bonds is 8. The van der Waals surface area contributed by atoms with Crippen LogP contribution in [0.2, 0.25) is 15.1 Å². The Morgan fingerprint density at radius 3 is 2.15 bits per heavy atom. The molecule has 9 heteroatoms. The number of aromatic nitrogens is 1. The number of amides is 2. The fourth-order valence-corrected chi connectivity index (χ4v) is 6.34. The van der Waals surface area contributed by atoms with E-state index in [1.54, 1.807) is 29.2 Å². The van der Waals surface area contributed by atoms with Gasteiger partial charge in [-0.3, -0.25) is 9.59 Å². The summed E-state index contributed by atoms with van der Waals surface area (Å²) in [6, 6.07) is 24.0. The van der Waals surface area contributed by atoms with Crippen LogP contribution in [0.1, 0.15) is 40.9 Å². The van der Waals surface area contributed by atoms with E-state index in [0.717, 1.165) is 22.6 Å². The molecule has 5 rings (SSSR count). The fraction of sp³-hybridized carbons (Fsp3) is 0.250. The number of aliphatic hydroxyl groups excluding tert-OH is 1. The topological polar surface area (TPSA) is 88.6 Å². The lowest BCUT2D eigenvalue weighted by atomic mass is 9.72. The van der Waals surface area contributed by atoms with E-state index in [9.17, 15) is 14.7 Å². The van der Waals surface area contributed by atoms with E-state index in [1.165, 1.54) is 0 Å². The first-order valence-corrected chi connectivity index (χ1v) is 14.6. The minimum Gasteiger partial charge on any atom is -0.396 e. The van der Waals surface area contributed by atoms with Crippen molar-refractivity contribution < 1.29 is 14.7 Å².